The Morgan fingerprint density at radius 2 is 1.94 bits per heavy atom. The zero-order chi connectivity index (χ0) is 25.1. The Balaban J connectivity index is 1.45. The molecule has 1 aromatic heterocycles. The summed E-state index contributed by atoms with van der Waals surface area (Å²) in [6.07, 6.45) is 2.51. The van der Waals surface area contributed by atoms with Gasteiger partial charge in [0.05, 0.1) is 10.5 Å². The SMILES string of the molecule is N#Cc1cc(S(=O)(=O)Nc2ncns2)ccc1Oc1ccc(I)cc1-c1cccc(CN2CCC2)c1. The molecule has 5 rings (SSSR count). The number of rotatable bonds is 8. The predicted octanol–water partition coefficient (Wildman–Crippen LogP) is 5.48. The van der Waals surface area contributed by atoms with Crippen LogP contribution in [0.15, 0.2) is 71.9 Å². The zero-order valence-electron chi connectivity index (χ0n) is 18.9. The third kappa shape index (κ3) is 5.52. The lowest BCUT2D eigenvalue weighted by atomic mass is 10.0. The average Bonchev–Trinajstić information content (AvgIpc) is 3.35. The van der Waals surface area contributed by atoms with Gasteiger partial charge in [0.25, 0.3) is 10.0 Å². The first-order valence-electron chi connectivity index (χ1n) is 11.0. The van der Waals surface area contributed by atoms with Crippen LogP contribution in [0.1, 0.15) is 17.5 Å². The standard InChI is InChI=1S/C25H20IN5O3S2/c26-20-5-7-24(22(13-20)18-4-1-3-17(11-18)15-31-9-2-10-31)34-23-8-6-21(12-19(23)14-27)36(32,33)30-25-28-16-29-35-25/h1,3-8,11-13,16H,2,9-10,15H2,(H,28,29,30). The van der Waals surface area contributed by atoms with Crippen molar-refractivity contribution in [3.8, 4) is 28.7 Å². The molecule has 36 heavy (non-hydrogen) atoms. The van der Waals surface area contributed by atoms with E-state index in [1.165, 1.54) is 36.5 Å². The van der Waals surface area contributed by atoms with E-state index in [2.05, 4.69) is 59.8 Å². The Morgan fingerprint density at radius 1 is 1.11 bits per heavy atom. The normalized spacial score (nSPS) is 13.6. The number of sulfonamides is 1. The van der Waals surface area contributed by atoms with Crippen molar-refractivity contribution in [1.82, 2.24) is 14.3 Å². The molecule has 1 fully saturated rings. The number of benzene rings is 3. The van der Waals surface area contributed by atoms with E-state index in [0.29, 0.717) is 5.75 Å². The van der Waals surface area contributed by atoms with E-state index >= 15 is 0 Å². The Bertz CT molecular complexity index is 1550. The van der Waals surface area contributed by atoms with Crippen molar-refractivity contribution < 1.29 is 13.2 Å². The molecule has 8 nitrogen and oxygen atoms in total. The van der Waals surface area contributed by atoms with Gasteiger partial charge in [0.2, 0.25) is 5.13 Å². The molecule has 2 heterocycles. The molecule has 0 bridgehead atoms. The quantitative estimate of drug-likeness (QED) is 0.257. The fourth-order valence-corrected chi connectivity index (χ4v) is 5.99. The van der Waals surface area contributed by atoms with Crippen LogP contribution in [0, 0.1) is 14.9 Å². The molecule has 11 heteroatoms. The van der Waals surface area contributed by atoms with Gasteiger partial charge in [-0.3, -0.25) is 9.62 Å². The van der Waals surface area contributed by atoms with Crippen LogP contribution in [0.4, 0.5) is 5.13 Å². The highest BCUT2D eigenvalue weighted by atomic mass is 127. The highest BCUT2D eigenvalue weighted by Crippen LogP contribution is 2.37. The van der Waals surface area contributed by atoms with Crippen LogP contribution in [0.2, 0.25) is 0 Å². The molecule has 0 radical (unpaired) electrons. The third-order valence-corrected chi connectivity index (χ3v) is 8.44. The summed E-state index contributed by atoms with van der Waals surface area (Å²) in [5, 5.41) is 9.90. The molecule has 1 aliphatic rings. The van der Waals surface area contributed by atoms with Crippen molar-refractivity contribution >= 4 is 49.3 Å². The third-order valence-electron chi connectivity index (χ3n) is 5.72. The molecule has 0 unspecified atom stereocenters. The first-order chi connectivity index (χ1) is 17.4. The lowest BCUT2D eigenvalue weighted by molar-refractivity contribution is 0.172. The van der Waals surface area contributed by atoms with Crippen molar-refractivity contribution in [2.45, 2.75) is 17.9 Å². The minimum absolute atomic E-state index is 0.0665. The molecule has 0 saturated carbocycles. The number of likely N-dealkylation sites (tertiary alicyclic amines) is 1. The highest BCUT2D eigenvalue weighted by Gasteiger charge is 2.20. The fourth-order valence-electron chi connectivity index (χ4n) is 3.82. The smallest absolute Gasteiger partial charge is 0.263 e. The predicted molar refractivity (Wildman–Crippen MR) is 146 cm³/mol. The molecular weight excluding hydrogens is 609 g/mol. The maximum atomic E-state index is 12.7. The van der Waals surface area contributed by atoms with Crippen molar-refractivity contribution in [2.24, 2.45) is 0 Å². The molecule has 0 atom stereocenters. The minimum atomic E-state index is -3.93. The van der Waals surface area contributed by atoms with Gasteiger partial charge in [0, 0.05) is 27.2 Å². The molecule has 182 valence electrons. The molecule has 1 aliphatic heterocycles. The van der Waals surface area contributed by atoms with Crippen molar-refractivity contribution in [2.75, 3.05) is 17.8 Å². The van der Waals surface area contributed by atoms with Gasteiger partial charge in [-0.25, -0.2) is 13.4 Å². The maximum Gasteiger partial charge on any atom is 0.263 e. The Kier molecular flexibility index (Phi) is 7.20. The summed E-state index contributed by atoms with van der Waals surface area (Å²) in [7, 11) is -3.93. The van der Waals surface area contributed by atoms with E-state index in [1.807, 2.05) is 30.3 Å². The first-order valence-corrected chi connectivity index (χ1v) is 14.4. The van der Waals surface area contributed by atoms with Crippen LogP contribution < -0.4 is 9.46 Å². The molecule has 1 saturated heterocycles. The number of nitrogens with one attached hydrogen (secondary N) is 1. The van der Waals surface area contributed by atoms with Crippen LogP contribution >= 0.6 is 34.1 Å². The topological polar surface area (TPSA) is 108 Å². The fraction of sp³-hybridized carbons (Fsp3) is 0.160. The van der Waals surface area contributed by atoms with Crippen LogP contribution in [0.25, 0.3) is 11.1 Å². The number of aromatic nitrogens is 2. The summed E-state index contributed by atoms with van der Waals surface area (Å²) in [6, 6.07) is 20.4. The Labute approximate surface area is 226 Å². The molecule has 4 aromatic rings. The molecular formula is C25H20IN5O3S2. The maximum absolute atomic E-state index is 12.7. The van der Waals surface area contributed by atoms with Crippen molar-refractivity contribution in [3.05, 3.63) is 81.7 Å². The van der Waals surface area contributed by atoms with Crippen LogP contribution in [-0.4, -0.2) is 35.8 Å². The second kappa shape index (κ2) is 10.5. The van der Waals surface area contributed by atoms with E-state index in [-0.39, 0.29) is 21.3 Å². The summed E-state index contributed by atoms with van der Waals surface area (Å²) < 4.78 is 38.8. The van der Waals surface area contributed by atoms with Gasteiger partial charge in [-0.1, -0.05) is 18.2 Å². The van der Waals surface area contributed by atoms with Gasteiger partial charge >= 0.3 is 0 Å². The number of anilines is 1. The lowest BCUT2D eigenvalue weighted by Gasteiger charge is -2.30. The largest absolute Gasteiger partial charge is 0.455 e. The number of halogens is 1. The average molecular weight is 630 g/mol. The van der Waals surface area contributed by atoms with E-state index < -0.39 is 10.0 Å². The van der Waals surface area contributed by atoms with Crippen LogP contribution in [0.3, 0.4) is 0 Å². The minimum Gasteiger partial charge on any atom is -0.455 e. The van der Waals surface area contributed by atoms with Crippen molar-refractivity contribution in [3.63, 3.8) is 0 Å². The van der Waals surface area contributed by atoms with E-state index in [9.17, 15) is 13.7 Å². The number of hydrogen-bond acceptors (Lipinski definition) is 8. The summed E-state index contributed by atoms with van der Waals surface area (Å²) in [5.41, 5.74) is 3.24. The first kappa shape index (κ1) is 24.6. The Hall–Kier alpha value is -3.05. The molecule has 0 amide bonds. The lowest BCUT2D eigenvalue weighted by Crippen LogP contribution is -2.36. The summed E-state index contributed by atoms with van der Waals surface area (Å²) in [5.74, 6) is 0.849. The van der Waals surface area contributed by atoms with Gasteiger partial charge in [-0.15, -0.1) is 0 Å². The molecule has 0 spiro atoms. The number of ether oxygens (including phenoxy) is 1. The Morgan fingerprint density at radius 3 is 2.67 bits per heavy atom. The number of hydrogen-bond donors (Lipinski definition) is 1. The number of nitrogens with zero attached hydrogens (tertiary/aromatic N) is 4. The van der Waals surface area contributed by atoms with E-state index in [1.54, 1.807) is 0 Å². The van der Waals surface area contributed by atoms with Gasteiger partial charge in [0.15, 0.2) is 0 Å². The van der Waals surface area contributed by atoms with Gasteiger partial charge in [0.1, 0.15) is 23.9 Å². The highest BCUT2D eigenvalue weighted by molar-refractivity contribution is 14.1. The summed E-state index contributed by atoms with van der Waals surface area (Å²) >= 11 is 3.18. The van der Waals surface area contributed by atoms with Crippen LogP contribution in [-0.2, 0) is 16.6 Å². The summed E-state index contributed by atoms with van der Waals surface area (Å²) in [4.78, 5) is 6.18. The molecule has 3 aromatic carbocycles. The van der Waals surface area contributed by atoms with Gasteiger partial charge in [-0.05, 0) is 95.7 Å². The van der Waals surface area contributed by atoms with E-state index in [4.69, 9.17) is 4.74 Å². The molecule has 0 aliphatic carbocycles. The molecule has 1 N–H and O–H groups in total. The monoisotopic (exact) mass is 629 g/mol. The van der Waals surface area contributed by atoms with Gasteiger partial charge in [-0.2, -0.15) is 9.64 Å². The second-order valence-corrected chi connectivity index (χ2v) is 11.9. The van der Waals surface area contributed by atoms with Crippen molar-refractivity contribution in [1.29, 1.82) is 5.26 Å². The van der Waals surface area contributed by atoms with Crippen LogP contribution in [0.5, 0.6) is 11.5 Å². The van der Waals surface area contributed by atoms with Gasteiger partial charge < -0.3 is 4.74 Å². The number of nitriles is 1. The van der Waals surface area contributed by atoms with E-state index in [0.717, 1.165) is 45.9 Å². The summed E-state index contributed by atoms with van der Waals surface area (Å²) in [6.45, 7) is 3.16. The zero-order valence-corrected chi connectivity index (χ0v) is 22.7. The second-order valence-electron chi connectivity index (χ2n) is 8.19.